The molecule has 0 aliphatic carbocycles. The van der Waals surface area contributed by atoms with Crippen LogP contribution in [0, 0.1) is 0 Å². The molecule has 2 aromatic rings. The number of para-hydroxylation sites is 1. The summed E-state index contributed by atoms with van der Waals surface area (Å²) in [6.45, 7) is -0.135. The Morgan fingerprint density at radius 3 is 2.80 bits per heavy atom. The lowest BCUT2D eigenvalue weighted by atomic mass is 10.3. The molecule has 0 spiro atoms. The third kappa shape index (κ3) is 2.44. The number of ether oxygens (including phenoxy) is 1. The van der Waals surface area contributed by atoms with E-state index in [0.29, 0.717) is 21.0 Å². The van der Waals surface area contributed by atoms with Crippen LogP contribution in [-0.2, 0) is 6.61 Å². The fourth-order valence-corrected chi connectivity index (χ4v) is 1.70. The Labute approximate surface area is 95.1 Å². The first-order chi connectivity index (χ1) is 7.29. The predicted molar refractivity (Wildman–Crippen MR) is 57.4 cm³/mol. The van der Waals surface area contributed by atoms with Crippen LogP contribution in [-0.4, -0.2) is 15.3 Å². The van der Waals surface area contributed by atoms with Gasteiger partial charge in [-0.2, -0.15) is 0 Å². The Balaban J connectivity index is 2.18. The number of hydrogen-bond donors (Lipinski definition) is 1. The molecule has 0 atom stereocenters. The van der Waals surface area contributed by atoms with Crippen LogP contribution in [0.15, 0.2) is 24.3 Å². The van der Waals surface area contributed by atoms with Crippen LogP contribution >= 0.6 is 22.9 Å². The summed E-state index contributed by atoms with van der Waals surface area (Å²) in [6, 6.07) is 7.09. The Bertz CT molecular complexity index is 461. The van der Waals surface area contributed by atoms with Crippen LogP contribution in [0.25, 0.3) is 0 Å². The molecule has 0 aliphatic heterocycles. The standard InChI is InChI=1S/C9H7ClN2O2S/c10-6-3-1-2-4-7(6)14-9-12-11-8(5-13)15-9/h1-4,13H,5H2. The second kappa shape index (κ2) is 4.57. The van der Waals surface area contributed by atoms with Crippen molar-refractivity contribution in [3.63, 3.8) is 0 Å². The first-order valence-electron chi connectivity index (χ1n) is 4.15. The van der Waals surface area contributed by atoms with Crippen LogP contribution in [0.5, 0.6) is 10.9 Å². The molecule has 2 rings (SSSR count). The van der Waals surface area contributed by atoms with E-state index in [1.807, 2.05) is 12.1 Å². The number of hydrogen-bond acceptors (Lipinski definition) is 5. The first-order valence-corrected chi connectivity index (χ1v) is 5.34. The summed E-state index contributed by atoms with van der Waals surface area (Å²) in [5, 5.41) is 17.7. The molecule has 0 aliphatic rings. The lowest BCUT2D eigenvalue weighted by Crippen LogP contribution is -1.83. The van der Waals surface area contributed by atoms with Crippen molar-refractivity contribution in [1.29, 1.82) is 0 Å². The zero-order chi connectivity index (χ0) is 10.7. The molecule has 1 aromatic heterocycles. The van der Waals surface area contributed by atoms with Crippen molar-refractivity contribution >= 4 is 22.9 Å². The highest BCUT2D eigenvalue weighted by atomic mass is 35.5. The second-order valence-electron chi connectivity index (χ2n) is 2.65. The maximum Gasteiger partial charge on any atom is 0.299 e. The van der Waals surface area contributed by atoms with E-state index in [1.165, 1.54) is 11.3 Å². The van der Waals surface area contributed by atoms with Crippen molar-refractivity contribution in [3.05, 3.63) is 34.3 Å². The summed E-state index contributed by atoms with van der Waals surface area (Å²) in [4.78, 5) is 0. The van der Waals surface area contributed by atoms with E-state index in [4.69, 9.17) is 21.4 Å². The average molecular weight is 243 g/mol. The molecule has 0 unspecified atom stereocenters. The van der Waals surface area contributed by atoms with E-state index >= 15 is 0 Å². The van der Waals surface area contributed by atoms with Gasteiger partial charge in [0.05, 0.1) is 11.6 Å². The normalized spacial score (nSPS) is 10.3. The van der Waals surface area contributed by atoms with Gasteiger partial charge in [0, 0.05) is 0 Å². The highest BCUT2D eigenvalue weighted by Gasteiger charge is 2.07. The number of aliphatic hydroxyl groups is 1. The highest BCUT2D eigenvalue weighted by molar-refractivity contribution is 7.13. The Kier molecular flexibility index (Phi) is 3.15. The summed E-state index contributed by atoms with van der Waals surface area (Å²) in [7, 11) is 0. The van der Waals surface area contributed by atoms with Crippen LogP contribution in [0.2, 0.25) is 5.02 Å². The Hall–Kier alpha value is -1.17. The van der Waals surface area contributed by atoms with Gasteiger partial charge < -0.3 is 9.84 Å². The van der Waals surface area contributed by atoms with E-state index in [-0.39, 0.29) is 6.61 Å². The fourth-order valence-electron chi connectivity index (χ4n) is 0.965. The molecule has 1 aromatic carbocycles. The summed E-state index contributed by atoms with van der Waals surface area (Å²) in [6.07, 6.45) is 0. The molecule has 0 bridgehead atoms. The molecule has 0 fully saturated rings. The highest BCUT2D eigenvalue weighted by Crippen LogP contribution is 2.30. The minimum atomic E-state index is -0.135. The number of halogens is 1. The average Bonchev–Trinajstić information content (AvgIpc) is 2.69. The van der Waals surface area contributed by atoms with Gasteiger partial charge in [0.1, 0.15) is 10.8 Å². The lowest BCUT2D eigenvalue weighted by molar-refractivity contribution is 0.280. The SMILES string of the molecule is OCc1nnc(Oc2ccccc2Cl)s1. The smallest absolute Gasteiger partial charge is 0.299 e. The van der Waals surface area contributed by atoms with E-state index in [9.17, 15) is 0 Å². The Morgan fingerprint density at radius 2 is 2.13 bits per heavy atom. The van der Waals surface area contributed by atoms with Gasteiger partial charge in [-0.25, -0.2) is 0 Å². The number of aliphatic hydroxyl groups excluding tert-OH is 1. The molecule has 0 amide bonds. The third-order valence-corrected chi connectivity index (χ3v) is 2.72. The number of aromatic nitrogens is 2. The minimum Gasteiger partial charge on any atom is -0.428 e. The van der Waals surface area contributed by atoms with Gasteiger partial charge >= 0.3 is 0 Å². The van der Waals surface area contributed by atoms with E-state index in [2.05, 4.69) is 10.2 Å². The van der Waals surface area contributed by atoms with E-state index < -0.39 is 0 Å². The largest absolute Gasteiger partial charge is 0.428 e. The maximum atomic E-state index is 8.80. The van der Waals surface area contributed by atoms with Gasteiger partial charge in [0.25, 0.3) is 5.19 Å². The van der Waals surface area contributed by atoms with Gasteiger partial charge in [0.15, 0.2) is 0 Å². The lowest BCUT2D eigenvalue weighted by Gasteiger charge is -2.01. The van der Waals surface area contributed by atoms with Gasteiger partial charge in [-0.15, -0.1) is 5.10 Å². The van der Waals surface area contributed by atoms with Crippen molar-refractivity contribution < 1.29 is 9.84 Å². The molecule has 0 radical (unpaired) electrons. The third-order valence-electron chi connectivity index (χ3n) is 1.62. The predicted octanol–water partition coefficient (Wildman–Crippen LogP) is 2.48. The van der Waals surface area contributed by atoms with Gasteiger partial charge in [-0.1, -0.05) is 40.2 Å². The molecular weight excluding hydrogens is 236 g/mol. The van der Waals surface area contributed by atoms with Crippen molar-refractivity contribution in [2.45, 2.75) is 6.61 Å². The van der Waals surface area contributed by atoms with Crippen molar-refractivity contribution in [2.75, 3.05) is 0 Å². The molecule has 4 nitrogen and oxygen atoms in total. The van der Waals surface area contributed by atoms with Crippen LogP contribution in [0.3, 0.4) is 0 Å². The van der Waals surface area contributed by atoms with E-state index in [0.717, 1.165) is 0 Å². The van der Waals surface area contributed by atoms with Crippen LogP contribution in [0.4, 0.5) is 0 Å². The molecule has 15 heavy (non-hydrogen) atoms. The molecule has 0 saturated carbocycles. The number of rotatable bonds is 3. The quantitative estimate of drug-likeness (QED) is 0.899. The van der Waals surface area contributed by atoms with E-state index in [1.54, 1.807) is 12.1 Å². The fraction of sp³-hybridized carbons (Fsp3) is 0.111. The van der Waals surface area contributed by atoms with Gasteiger partial charge in [-0.05, 0) is 12.1 Å². The zero-order valence-electron chi connectivity index (χ0n) is 7.55. The van der Waals surface area contributed by atoms with Crippen LogP contribution in [0.1, 0.15) is 5.01 Å². The Morgan fingerprint density at radius 1 is 1.33 bits per heavy atom. The second-order valence-corrected chi connectivity index (χ2v) is 4.08. The summed E-state index contributed by atoms with van der Waals surface area (Å²) in [5.41, 5.74) is 0. The zero-order valence-corrected chi connectivity index (χ0v) is 9.13. The van der Waals surface area contributed by atoms with Crippen molar-refractivity contribution in [3.8, 4) is 10.9 Å². The molecule has 78 valence electrons. The molecule has 1 N–H and O–H groups in total. The summed E-state index contributed by atoms with van der Waals surface area (Å²) in [5.74, 6) is 0.528. The van der Waals surface area contributed by atoms with Crippen molar-refractivity contribution in [2.24, 2.45) is 0 Å². The molecule has 1 heterocycles. The minimum absolute atomic E-state index is 0.135. The number of nitrogens with zero attached hydrogens (tertiary/aromatic N) is 2. The van der Waals surface area contributed by atoms with Crippen LogP contribution < -0.4 is 4.74 Å². The monoisotopic (exact) mass is 242 g/mol. The molecular formula is C9H7ClN2O2S. The first kappa shape index (κ1) is 10.4. The molecule has 0 saturated heterocycles. The van der Waals surface area contributed by atoms with Gasteiger partial charge in [0.2, 0.25) is 0 Å². The summed E-state index contributed by atoms with van der Waals surface area (Å²) >= 11 is 7.08. The maximum absolute atomic E-state index is 8.80. The number of benzene rings is 1. The summed E-state index contributed by atoms with van der Waals surface area (Å²) < 4.78 is 5.39. The van der Waals surface area contributed by atoms with Crippen molar-refractivity contribution in [1.82, 2.24) is 10.2 Å². The topological polar surface area (TPSA) is 55.2 Å². The van der Waals surface area contributed by atoms with Gasteiger partial charge in [-0.3, -0.25) is 0 Å². The molecule has 6 heteroatoms.